The van der Waals surface area contributed by atoms with Gasteiger partial charge < -0.3 is 10.2 Å². The summed E-state index contributed by atoms with van der Waals surface area (Å²) in [7, 11) is 1.63. The molecule has 0 heterocycles. The summed E-state index contributed by atoms with van der Waals surface area (Å²) >= 11 is 0. The van der Waals surface area contributed by atoms with Crippen molar-refractivity contribution < 1.29 is 9.59 Å². The Morgan fingerprint density at radius 1 is 0.730 bits per heavy atom. The van der Waals surface area contributed by atoms with Crippen molar-refractivity contribution in [3.8, 4) is 0 Å². The third kappa shape index (κ3) is 6.73. The van der Waals surface area contributed by atoms with Gasteiger partial charge in [0.25, 0.3) is 0 Å². The molecule has 4 nitrogen and oxygen atoms in total. The fourth-order valence-corrected chi connectivity index (χ4v) is 4.78. The number of hydrogen-bond donors (Lipinski definition) is 1. The van der Waals surface area contributed by atoms with Gasteiger partial charge in [0, 0.05) is 32.4 Å². The second-order valence-electron chi connectivity index (χ2n) is 9.35. The molecule has 2 amide bonds. The normalized spacial score (nSPS) is 11.6. The predicted octanol–water partition coefficient (Wildman–Crippen LogP) is 5.90. The third-order valence-corrected chi connectivity index (χ3v) is 6.90. The van der Waals surface area contributed by atoms with Crippen molar-refractivity contribution in [3.63, 3.8) is 0 Å². The molecular weight excluding hydrogens is 456 g/mol. The van der Waals surface area contributed by atoms with Gasteiger partial charge in [0.1, 0.15) is 6.04 Å². The maximum Gasteiger partial charge on any atom is 0.242 e. The van der Waals surface area contributed by atoms with Crippen LogP contribution in [0, 0.1) is 6.92 Å². The first-order valence-corrected chi connectivity index (χ1v) is 12.8. The van der Waals surface area contributed by atoms with Gasteiger partial charge >= 0.3 is 0 Å². The van der Waals surface area contributed by atoms with Crippen molar-refractivity contribution >= 4 is 11.8 Å². The summed E-state index contributed by atoms with van der Waals surface area (Å²) in [5, 5.41) is 2.80. The lowest BCUT2D eigenvalue weighted by molar-refractivity contribution is -0.141. The molecule has 0 radical (unpaired) electrons. The lowest BCUT2D eigenvalue weighted by Crippen LogP contribution is -2.50. The smallest absolute Gasteiger partial charge is 0.242 e. The van der Waals surface area contributed by atoms with Crippen molar-refractivity contribution in [1.29, 1.82) is 0 Å². The van der Waals surface area contributed by atoms with E-state index >= 15 is 0 Å². The maximum atomic E-state index is 14.2. The Kier molecular flexibility index (Phi) is 8.88. The molecule has 1 N–H and O–H groups in total. The number of aryl methyl sites for hydroxylation is 1. The Balaban J connectivity index is 1.72. The molecule has 4 aromatic rings. The largest absolute Gasteiger partial charge is 0.357 e. The first-order valence-electron chi connectivity index (χ1n) is 12.8. The van der Waals surface area contributed by atoms with E-state index in [1.165, 1.54) is 0 Å². The molecule has 0 saturated heterocycles. The first kappa shape index (κ1) is 25.9. The van der Waals surface area contributed by atoms with Gasteiger partial charge in [0.05, 0.1) is 0 Å². The quantitative estimate of drug-likeness (QED) is 0.301. The molecule has 0 aliphatic heterocycles. The number of carbonyl (C=O) groups is 2. The Morgan fingerprint density at radius 3 is 1.78 bits per heavy atom. The zero-order chi connectivity index (χ0) is 26.0. The average Bonchev–Trinajstić information content (AvgIpc) is 2.95. The zero-order valence-electron chi connectivity index (χ0n) is 21.5. The molecule has 0 unspecified atom stereocenters. The van der Waals surface area contributed by atoms with Gasteiger partial charge in [0.2, 0.25) is 11.8 Å². The van der Waals surface area contributed by atoms with Gasteiger partial charge in [-0.05, 0) is 34.7 Å². The van der Waals surface area contributed by atoms with Crippen LogP contribution in [0.3, 0.4) is 0 Å². The highest BCUT2D eigenvalue weighted by Gasteiger charge is 2.32. The van der Waals surface area contributed by atoms with E-state index in [1.807, 2.05) is 97.9 Å². The number of nitrogens with zero attached hydrogens (tertiary/aromatic N) is 1. The fourth-order valence-electron chi connectivity index (χ4n) is 4.78. The van der Waals surface area contributed by atoms with E-state index in [-0.39, 0.29) is 24.2 Å². The van der Waals surface area contributed by atoms with Gasteiger partial charge in [-0.1, -0.05) is 115 Å². The molecule has 0 bridgehead atoms. The second-order valence-corrected chi connectivity index (χ2v) is 9.35. The summed E-state index contributed by atoms with van der Waals surface area (Å²) in [6.45, 7) is 2.41. The van der Waals surface area contributed by atoms with Crippen LogP contribution in [-0.2, 0) is 22.6 Å². The minimum Gasteiger partial charge on any atom is -0.357 e. The van der Waals surface area contributed by atoms with Crippen LogP contribution in [-0.4, -0.2) is 29.8 Å². The van der Waals surface area contributed by atoms with Gasteiger partial charge in [-0.15, -0.1) is 0 Å². The van der Waals surface area contributed by atoms with Crippen LogP contribution in [0.15, 0.2) is 115 Å². The number of nitrogens with one attached hydrogen (secondary N) is 1. The molecule has 1 atom stereocenters. The standard InChI is InChI=1S/C33H34N2O2/c1-25-14-12-13-21-29(25)24-35(31(33(37)34-2)22-26-15-6-3-7-16-26)32(36)23-30(27-17-8-4-9-18-27)28-19-10-5-11-20-28/h3-21,30-31H,22-24H2,1-2H3,(H,34,37)/t31-/m0/s1. The van der Waals surface area contributed by atoms with Crippen molar-refractivity contribution in [3.05, 3.63) is 143 Å². The predicted molar refractivity (Wildman–Crippen MR) is 149 cm³/mol. The average molecular weight is 491 g/mol. The first-order chi connectivity index (χ1) is 18.1. The maximum absolute atomic E-state index is 14.2. The Morgan fingerprint density at radius 2 is 1.24 bits per heavy atom. The molecule has 37 heavy (non-hydrogen) atoms. The lowest BCUT2D eigenvalue weighted by Gasteiger charge is -2.33. The van der Waals surface area contributed by atoms with Gasteiger partial charge in [-0.25, -0.2) is 0 Å². The van der Waals surface area contributed by atoms with Crippen LogP contribution in [0.1, 0.15) is 40.2 Å². The second kappa shape index (κ2) is 12.7. The van der Waals surface area contributed by atoms with E-state index < -0.39 is 6.04 Å². The van der Waals surface area contributed by atoms with E-state index in [2.05, 4.69) is 29.6 Å². The van der Waals surface area contributed by atoms with Gasteiger partial charge in [-0.3, -0.25) is 9.59 Å². The van der Waals surface area contributed by atoms with Crippen molar-refractivity contribution in [1.82, 2.24) is 10.2 Å². The zero-order valence-corrected chi connectivity index (χ0v) is 21.5. The van der Waals surface area contributed by atoms with Gasteiger partial charge in [-0.2, -0.15) is 0 Å². The fraction of sp³-hybridized carbons (Fsp3) is 0.212. The summed E-state index contributed by atoms with van der Waals surface area (Å²) in [6, 6.07) is 37.6. The summed E-state index contributed by atoms with van der Waals surface area (Å²) in [5.74, 6) is -0.330. The summed E-state index contributed by atoms with van der Waals surface area (Å²) < 4.78 is 0. The van der Waals surface area contributed by atoms with Crippen molar-refractivity contribution in [2.24, 2.45) is 0 Å². The third-order valence-electron chi connectivity index (χ3n) is 6.90. The van der Waals surface area contributed by atoms with Crippen LogP contribution in [0.4, 0.5) is 0 Å². The molecule has 0 saturated carbocycles. The van der Waals surface area contributed by atoms with Crippen LogP contribution < -0.4 is 5.32 Å². The highest BCUT2D eigenvalue weighted by Crippen LogP contribution is 2.30. The molecular formula is C33H34N2O2. The molecule has 0 spiro atoms. The molecule has 0 aromatic heterocycles. The molecule has 0 aliphatic carbocycles. The van der Waals surface area contributed by atoms with Crippen LogP contribution in [0.2, 0.25) is 0 Å². The molecule has 4 heteroatoms. The highest BCUT2D eigenvalue weighted by molar-refractivity contribution is 5.88. The van der Waals surface area contributed by atoms with E-state index in [4.69, 9.17) is 0 Å². The molecule has 188 valence electrons. The summed E-state index contributed by atoms with van der Waals surface area (Å²) in [4.78, 5) is 29.2. The van der Waals surface area contributed by atoms with E-state index in [9.17, 15) is 9.59 Å². The lowest BCUT2D eigenvalue weighted by atomic mass is 9.87. The van der Waals surface area contributed by atoms with Crippen molar-refractivity contribution in [2.75, 3.05) is 7.05 Å². The Hall–Kier alpha value is -4.18. The SMILES string of the molecule is CNC(=O)[C@H](Cc1ccccc1)N(Cc1ccccc1C)C(=O)CC(c1ccccc1)c1ccccc1. The number of hydrogen-bond acceptors (Lipinski definition) is 2. The van der Waals surface area contributed by atoms with Gasteiger partial charge in [0.15, 0.2) is 0 Å². The monoisotopic (exact) mass is 490 g/mol. The van der Waals surface area contributed by atoms with E-state index in [0.717, 1.165) is 27.8 Å². The number of amides is 2. The Bertz CT molecular complexity index is 1250. The molecule has 4 aromatic carbocycles. The molecule has 4 rings (SSSR count). The number of rotatable bonds is 10. The van der Waals surface area contributed by atoms with E-state index in [0.29, 0.717) is 13.0 Å². The van der Waals surface area contributed by atoms with Crippen LogP contribution in [0.5, 0.6) is 0 Å². The number of carbonyl (C=O) groups excluding carboxylic acids is 2. The number of likely N-dealkylation sites (N-methyl/N-ethyl adjacent to an activating group) is 1. The molecule has 0 aliphatic rings. The highest BCUT2D eigenvalue weighted by atomic mass is 16.2. The molecule has 0 fully saturated rings. The Labute approximate surface area is 220 Å². The van der Waals surface area contributed by atoms with Crippen LogP contribution in [0.25, 0.3) is 0 Å². The summed E-state index contributed by atoms with van der Waals surface area (Å²) in [5.41, 5.74) is 5.31. The van der Waals surface area contributed by atoms with Crippen molar-refractivity contribution in [2.45, 2.75) is 38.3 Å². The number of benzene rings is 4. The van der Waals surface area contributed by atoms with E-state index in [1.54, 1.807) is 11.9 Å². The minimum atomic E-state index is -0.633. The minimum absolute atomic E-state index is 0.0505. The topological polar surface area (TPSA) is 49.4 Å². The van der Waals surface area contributed by atoms with Crippen LogP contribution >= 0.6 is 0 Å². The summed E-state index contributed by atoms with van der Waals surface area (Å²) in [6.07, 6.45) is 0.710.